The van der Waals surface area contributed by atoms with Gasteiger partial charge in [-0.1, -0.05) is 18.2 Å². The molecule has 2 aromatic rings. The van der Waals surface area contributed by atoms with Crippen LogP contribution in [-0.4, -0.2) is 9.97 Å². The number of hydrogen-bond acceptors (Lipinski definition) is 4. The van der Waals surface area contributed by atoms with E-state index in [1.54, 1.807) is 12.5 Å². The molecule has 1 atom stereocenters. The van der Waals surface area contributed by atoms with Crippen LogP contribution in [0, 0.1) is 0 Å². The molecule has 0 aliphatic heterocycles. The first-order chi connectivity index (χ1) is 9.36. The van der Waals surface area contributed by atoms with Crippen LogP contribution in [0.1, 0.15) is 34.8 Å². The van der Waals surface area contributed by atoms with Crippen molar-refractivity contribution >= 4 is 0 Å². The number of aromatic nitrogens is 2. The molecule has 4 heteroatoms. The topological polar surface area (TPSA) is 63.8 Å². The number of hydrazine groups is 1. The third kappa shape index (κ3) is 2.64. The summed E-state index contributed by atoms with van der Waals surface area (Å²) in [6.45, 7) is 0. The summed E-state index contributed by atoms with van der Waals surface area (Å²) in [5.74, 6) is 5.66. The lowest BCUT2D eigenvalue weighted by Gasteiger charge is -2.15. The lowest BCUT2D eigenvalue weighted by Crippen LogP contribution is -2.30. The number of fused-ring (bicyclic) bond motifs is 1. The minimum absolute atomic E-state index is 0.0300. The van der Waals surface area contributed by atoms with Crippen LogP contribution in [0.4, 0.5) is 0 Å². The highest BCUT2D eigenvalue weighted by Crippen LogP contribution is 2.24. The number of nitrogens with zero attached hydrogens (tertiary/aromatic N) is 2. The van der Waals surface area contributed by atoms with Crippen LogP contribution < -0.4 is 11.3 Å². The summed E-state index contributed by atoms with van der Waals surface area (Å²) in [6.07, 6.45) is 7.86. The van der Waals surface area contributed by atoms with Crippen molar-refractivity contribution in [3.05, 3.63) is 59.2 Å². The minimum Gasteiger partial charge on any atom is -0.271 e. The van der Waals surface area contributed by atoms with Gasteiger partial charge in [0.1, 0.15) is 6.33 Å². The molecule has 1 aromatic heterocycles. The van der Waals surface area contributed by atoms with Crippen LogP contribution in [0.3, 0.4) is 0 Å². The maximum absolute atomic E-state index is 5.66. The Labute approximate surface area is 113 Å². The normalized spacial score (nSPS) is 15.2. The number of rotatable bonds is 4. The van der Waals surface area contributed by atoms with Crippen LogP contribution >= 0.6 is 0 Å². The molecule has 98 valence electrons. The molecule has 1 heterocycles. The van der Waals surface area contributed by atoms with Gasteiger partial charge >= 0.3 is 0 Å². The first kappa shape index (κ1) is 12.3. The van der Waals surface area contributed by atoms with Crippen molar-refractivity contribution in [1.29, 1.82) is 0 Å². The zero-order valence-corrected chi connectivity index (χ0v) is 10.8. The Balaban J connectivity index is 1.80. The lowest BCUT2D eigenvalue weighted by atomic mass is 9.99. The van der Waals surface area contributed by atoms with Crippen LogP contribution in [0.25, 0.3) is 0 Å². The molecule has 1 aromatic carbocycles. The van der Waals surface area contributed by atoms with Crippen LogP contribution in [0.2, 0.25) is 0 Å². The predicted octanol–water partition coefficient (Wildman–Crippen LogP) is 1.71. The summed E-state index contributed by atoms with van der Waals surface area (Å²) in [6, 6.07) is 8.70. The van der Waals surface area contributed by atoms with Gasteiger partial charge in [-0.2, -0.15) is 0 Å². The molecule has 0 spiro atoms. The third-order valence-corrected chi connectivity index (χ3v) is 3.77. The maximum atomic E-state index is 5.66. The van der Waals surface area contributed by atoms with Crippen LogP contribution in [-0.2, 0) is 19.3 Å². The summed E-state index contributed by atoms with van der Waals surface area (Å²) >= 11 is 0. The van der Waals surface area contributed by atoms with Crippen molar-refractivity contribution in [2.75, 3.05) is 0 Å². The Morgan fingerprint density at radius 2 is 2.11 bits per heavy atom. The number of nitrogens with one attached hydrogen (secondary N) is 1. The van der Waals surface area contributed by atoms with Gasteiger partial charge in [0.2, 0.25) is 0 Å². The van der Waals surface area contributed by atoms with E-state index in [0.717, 1.165) is 12.1 Å². The maximum Gasteiger partial charge on any atom is 0.115 e. The Bertz CT molecular complexity index is 553. The van der Waals surface area contributed by atoms with Gasteiger partial charge in [0, 0.05) is 6.20 Å². The molecule has 19 heavy (non-hydrogen) atoms. The number of nitrogens with two attached hydrogens (primary N) is 1. The van der Waals surface area contributed by atoms with Crippen molar-refractivity contribution < 1.29 is 0 Å². The van der Waals surface area contributed by atoms with Gasteiger partial charge in [-0.3, -0.25) is 11.3 Å². The first-order valence-electron chi connectivity index (χ1n) is 6.69. The molecule has 0 radical (unpaired) electrons. The van der Waals surface area contributed by atoms with Crippen molar-refractivity contribution in [3.8, 4) is 0 Å². The molecule has 0 amide bonds. The van der Waals surface area contributed by atoms with Crippen molar-refractivity contribution in [2.24, 2.45) is 5.84 Å². The van der Waals surface area contributed by atoms with Crippen molar-refractivity contribution in [2.45, 2.75) is 31.7 Å². The highest BCUT2D eigenvalue weighted by Gasteiger charge is 2.15. The van der Waals surface area contributed by atoms with E-state index in [1.807, 2.05) is 6.07 Å². The van der Waals surface area contributed by atoms with Gasteiger partial charge in [0.25, 0.3) is 0 Å². The van der Waals surface area contributed by atoms with Gasteiger partial charge < -0.3 is 0 Å². The van der Waals surface area contributed by atoms with Gasteiger partial charge in [-0.15, -0.1) is 0 Å². The Morgan fingerprint density at radius 3 is 2.89 bits per heavy atom. The fourth-order valence-electron chi connectivity index (χ4n) is 2.74. The summed E-state index contributed by atoms with van der Waals surface area (Å²) < 4.78 is 0. The highest BCUT2D eigenvalue weighted by molar-refractivity contribution is 5.35. The highest BCUT2D eigenvalue weighted by atomic mass is 15.2. The summed E-state index contributed by atoms with van der Waals surface area (Å²) in [4.78, 5) is 8.20. The van der Waals surface area contributed by atoms with E-state index >= 15 is 0 Å². The van der Waals surface area contributed by atoms with Gasteiger partial charge in [-0.05, 0) is 48.4 Å². The second kappa shape index (κ2) is 5.47. The molecule has 4 nitrogen and oxygen atoms in total. The summed E-state index contributed by atoms with van der Waals surface area (Å²) in [5, 5.41) is 0. The first-order valence-corrected chi connectivity index (χ1v) is 6.69. The van der Waals surface area contributed by atoms with E-state index in [1.165, 1.54) is 36.0 Å². The fourth-order valence-corrected chi connectivity index (χ4v) is 2.74. The van der Waals surface area contributed by atoms with E-state index in [4.69, 9.17) is 5.84 Å². The molecule has 3 rings (SSSR count). The van der Waals surface area contributed by atoms with E-state index < -0.39 is 0 Å². The number of hydrogen-bond donors (Lipinski definition) is 2. The molecule has 3 N–H and O–H groups in total. The van der Waals surface area contributed by atoms with Gasteiger partial charge in [-0.25, -0.2) is 9.97 Å². The quantitative estimate of drug-likeness (QED) is 0.644. The molecule has 0 fully saturated rings. The third-order valence-electron chi connectivity index (χ3n) is 3.77. The zero-order chi connectivity index (χ0) is 13.1. The second-order valence-corrected chi connectivity index (χ2v) is 5.01. The van der Waals surface area contributed by atoms with E-state index in [2.05, 4.69) is 33.6 Å². The van der Waals surface area contributed by atoms with E-state index in [9.17, 15) is 0 Å². The zero-order valence-electron chi connectivity index (χ0n) is 10.8. The molecular formula is C15H18N4. The van der Waals surface area contributed by atoms with E-state index in [-0.39, 0.29) is 6.04 Å². The Kier molecular flexibility index (Phi) is 3.53. The monoisotopic (exact) mass is 254 g/mol. The standard InChI is InChI=1S/C15H18N4/c16-19-15(14-6-7-17-10-18-14)9-11-4-5-12-2-1-3-13(12)8-11/h4-8,10,15,19H,1-3,9,16H2. The summed E-state index contributed by atoms with van der Waals surface area (Å²) in [7, 11) is 0. The van der Waals surface area contributed by atoms with Crippen LogP contribution in [0.15, 0.2) is 36.8 Å². The lowest BCUT2D eigenvalue weighted by molar-refractivity contribution is 0.537. The average molecular weight is 254 g/mol. The largest absolute Gasteiger partial charge is 0.271 e. The molecule has 1 aliphatic carbocycles. The average Bonchev–Trinajstić information content (AvgIpc) is 2.93. The Hall–Kier alpha value is -1.78. The van der Waals surface area contributed by atoms with Crippen molar-refractivity contribution in [1.82, 2.24) is 15.4 Å². The minimum atomic E-state index is 0.0300. The number of benzene rings is 1. The molecular weight excluding hydrogens is 236 g/mol. The second-order valence-electron chi connectivity index (χ2n) is 5.01. The molecule has 0 saturated heterocycles. The number of aryl methyl sites for hydroxylation is 2. The Morgan fingerprint density at radius 1 is 1.21 bits per heavy atom. The summed E-state index contributed by atoms with van der Waals surface area (Å²) in [5.41, 5.74) is 8.08. The predicted molar refractivity (Wildman–Crippen MR) is 74.3 cm³/mol. The van der Waals surface area contributed by atoms with Gasteiger partial charge in [0.05, 0.1) is 11.7 Å². The molecule has 1 unspecified atom stereocenters. The molecule has 0 saturated carbocycles. The smallest absolute Gasteiger partial charge is 0.115 e. The van der Waals surface area contributed by atoms with Crippen molar-refractivity contribution in [3.63, 3.8) is 0 Å². The fraction of sp³-hybridized carbons (Fsp3) is 0.333. The van der Waals surface area contributed by atoms with Crippen LogP contribution in [0.5, 0.6) is 0 Å². The molecule has 1 aliphatic rings. The van der Waals surface area contributed by atoms with E-state index in [0.29, 0.717) is 0 Å². The van der Waals surface area contributed by atoms with Gasteiger partial charge in [0.15, 0.2) is 0 Å². The molecule has 0 bridgehead atoms. The SMILES string of the molecule is NNC(Cc1ccc2c(c1)CCC2)c1ccncn1.